The molecule has 2 heterocycles. The second-order valence-corrected chi connectivity index (χ2v) is 7.53. The average molecular weight is 340 g/mol. The highest BCUT2D eigenvalue weighted by Gasteiger charge is 2.24. The summed E-state index contributed by atoms with van der Waals surface area (Å²) in [6, 6.07) is 9.56. The van der Waals surface area contributed by atoms with Crippen LogP contribution >= 0.6 is 11.3 Å². The lowest BCUT2D eigenvalue weighted by Gasteiger charge is -2.25. The lowest BCUT2D eigenvalue weighted by molar-refractivity contribution is 0.102. The van der Waals surface area contributed by atoms with Crippen LogP contribution in [0.2, 0.25) is 0 Å². The van der Waals surface area contributed by atoms with Crippen molar-refractivity contribution in [1.29, 1.82) is 0 Å². The Balaban J connectivity index is 1.89. The molecule has 1 aromatic carbocycles. The highest BCUT2D eigenvalue weighted by molar-refractivity contribution is 7.20. The predicted molar refractivity (Wildman–Crippen MR) is 96.8 cm³/mol. The van der Waals surface area contributed by atoms with Crippen molar-refractivity contribution in [2.24, 2.45) is 0 Å². The Bertz CT molecular complexity index is 886. The SMILES string of the molecule is CC(=O)c1cc2nc(-c3ccc(O)cc3)n(C3CCCCC3)c2s1. The Morgan fingerprint density at radius 2 is 1.92 bits per heavy atom. The third-order valence-electron chi connectivity index (χ3n) is 4.78. The molecule has 1 N–H and O–H groups in total. The van der Waals surface area contributed by atoms with E-state index in [1.165, 1.54) is 19.3 Å². The van der Waals surface area contributed by atoms with Crippen molar-refractivity contribution < 1.29 is 9.90 Å². The van der Waals surface area contributed by atoms with E-state index in [1.54, 1.807) is 30.4 Å². The molecule has 0 unspecified atom stereocenters. The molecule has 1 fully saturated rings. The Hall–Kier alpha value is -2.14. The Morgan fingerprint density at radius 1 is 1.21 bits per heavy atom. The molecule has 3 aromatic rings. The van der Waals surface area contributed by atoms with Crippen LogP contribution in [0.4, 0.5) is 0 Å². The smallest absolute Gasteiger partial charge is 0.169 e. The quantitative estimate of drug-likeness (QED) is 0.669. The topological polar surface area (TPSA) is 55.1 Å². The molecule has 24 heavy (non-hydrogen) atoms. The van der Waals surface area contributed by atoms with Gasteiger partial charge in [-0.3, -0.25) is 4.79 Å². The van der Waals surface area contributed by atoms with Crippen molar-refractivity contribution in [3.63, 3.8) is 0 Å². The van der Waals surface area contributed by atoms with E-state index in [4.69, 9.17) is 4.98 Å². The Morgan fingerprint density at radius 3 is 2.58 bits per heavy atom. The molecule has 0 spiro atoms. The van der Waals surface area contributed by atoms with Gasteiger partial charge in [0.2, 0.25) is 0 Å². The predicted octanol–water partition coefficient (Wildman–Crippen LogP) is 5.18. The zero-order valence-corrected chi connectivity index (χ0v) is 14.5. The molecule has 0 atom stereocenters. The van der Waals surface area contributed by atoms with Gasteiger partial charge in [0.1, 0.15) is 21.9 Å². The number of carbonyl (C=O) groups is 1. The summed E-state index contributed by atoms with van der Waals surface area (Å²) in [5.41, 5.74) is 1.91. The third kappa shape index (κ3) is 2.63. The Kier molecular flexibility index (Phi) is 3.88. The molecular formula is C19H20N2O2S. The standard InChI is InChI=1S/C19H20N2O2S/c1-12(22)17-11-16-19(24-17)21(14-5-3-2-4-6-14)18(20-16)13-7-9-15(23)10-8-13/h7-11,14,23H,2-6H2,1H3. The first-order chi connectivity index (χ1) is 11.6. The molecule has 0 radical (unpaired) electrons. The number of fused-ring (bicyclic) bond motifs is 1. The van der Waals surface area contributed by atoms with Crippen LogP contribution in [0.5, 0.6) is 5.75 Å². The second kappa shape index (κ2) is 6.06. The van der Waals surface area contributed by atoms with Crippen LogP contribution < -0.4 is 0 Å². The molecule has 1 saturated carbocycles. The number of Topliss-reactive ketones (excluding diaryl/α,β-unsaturated/α-hetero) is 1. The van der Waals surface area contributed by atoms with Crippen molar-refractivity contribution in [2.75, 3.05) is 0 Å². The van der Waals surface area contributed by atoms with Crippen molar-refractivity contribution in [3.05, 3.63) is 35.2 Å². The molecule has 0 saturated heterocycles. The number of ketones is 1. The van der Waals surface area contributed by atoms with Gasteiger partial charge in [-0.25, -0.2) is 4.98 Å². The number of phenolic OH excluding ortho intramolecular Hbond substituents is 1. The van der Waals surface area contributed by atoms with Crippen LogP contribution in [0.15, 0.2) is 30.3 Å². The molecule has 4 nitrogen and oxygen atoms in total. The van der Waals surface area contributed by atoms with Crippen molar-refractivity contribution >= 4 is 27.5 Å². The van der Waals surface area contributed by atoms with Gasteiger partial charge in [0.05, 0.1) is 4.88 Å². The fraction of sp³-hybridized carbons (Fsp3) is 0.368. The van der Waals surface area contributed by atoms with Crippen LogP contribution in [0.3, 0.4) is 0 Å². The maximum absolute atomic E-state index is 11.7. The zero-order chi connectivity index (χ0) is 16.7. The normalized spacial score (nSPS) is 15.9. The first-order valence-electron chi connectivity index (χ1n) is 8.45. The van der Waals surface area contributed by atoms with E-state index >= 15 is 0 Å². The monoisotopic (exact) mass is 340 g/mol. The maximum Gasteiger partial charge on any atom is 0.169 e. The number of thiophene rings is 1. The van der Waals surface area contributed by atoms with Gasteiger partial charge in [0.15, 0.2) is 5.78 Å². The largest absolute Gasteiger partial charge is 0.508 e. The molecule has 0 aliphatic heterocycles. The lowest BCUT2D eigenvalue weighted by atomic mass is 9.95. The van der Waals surface area contributed by atoms with E-state index in [1.807, 2.05) is 18.2 Å². The third-order valence-corrected chi connectivity index (χ3v) is 6.00. The number of rotatable bonds is 3. The van der Waals surface area contributed by atoms with Crippen molar-refractivity contribution in [1.82, 2.24) is 9.55 Å². The first-order valence-corrected chi connectivity index (χ1v) is 9.27. The van der Waals surface area contributed by atoms with Gasteiger partial charge in [0, 0.05) is 11.6 Å². The molecule has 2 aromatic heterocycles. The number of hydrogen-bond donors (Lipinski definition) is 1. The first kappa shape index (κ1) is 15.4. The minimum absolute atomic E-state index is 0.0966. The number of phenols is 1. The van der Waals surface area contributed by atoms with E-state index in [0.29, 0.717) is 6.04 Å². The van der Waals surface area contributed by atoms with Crippen molar-refractivity contribution in [2.45, 2.75) is 45.1 Å². The van der Waals surface area contributed by atoms with Gasteiger partial charge in [0.25, 0.3) is 0 Å². The minimum atomic E-state index is 0.0966. The molecule has 1 aliphatic carbocycles. The second-order valence-electron chi connectivity index (χ2n) is 6.50. The molecule has 5 heteroatoms. The molecule has 0 bridgehead atoms. The van der Waals surface area contributed by atoms with Gasteiger partial charge in [-0.1, -0.05) is 19.3 Å². The summed E-state index contributed by atoms with van der Waals surface area (Å²) in [6.07, 6.45) is 6.09. The van der Waals surface area contributed by atoms with Crippen LogP contribution in [-0.4, -0.2) is 20.4 Å². The molecule has 1 aliphatic rings. The van der Waals surface area contributed by atoms with Crippen molar-refractivity contribution in [3.8, 4) is 17.1 Å². The number of imidazole rings is 1. The molecule has 0 amide bonds. The Labute approximate surface area is 144 Å². The van der Waals surface area contributed by atoms with E-state index in [-0.39, 0.29) is 11.5 Å². The summed E-state index contributed by atoms with van der Waals surface area (Å²) in [4.78, 5) is 18.4. The van der Waals surface area contributed by atoms with Gasteiger partial charge in [-0.15, -0.1) is 11.3 Å². The maximum atomic E-state index is 11.7. The fourth-order valence-corrected chi connectivity index (χ4v) is 4.62. The lowest BCUT2D eigenvalue weighted by Crippen LogP contribution is -2.13. The highest BCUT2D eigenvalue weighted by Crippen LogP contribution is 2.39. The summed E-state index contributed by atoms with van der Waals surface area (Å²) in [5, 5.41) is 9.56. The number of nitrogens with zero attached hydrogens (tertiary/aromatic N) is 2. The van der Waals surface area contributed by atoms with Crippen LogP contribution in [0.1, 0.15) is 54.7 Å². The zero-order valence-electron chi connectivity index (χ0n) is 13.7. The average Bonchev–Trinajstić information content (AvgIpc) is 3.14. The minimum Gasteiger partial charge on any atom is -0.508 e. The highest BCUT2D eigenvalue weighted by atomic mass is 32.1. The number of aromatic hydroxyl groups is 1. The van der Waals surface area contributed by atoms with Crippen LogP contribution in [0.25, 0.3) is 21.7 Å². The summed E-state index contributed by atoms with van der Waals surface area (Å²) < 4.78 is 2.33. The summed E-state index contributed by atoms with van der Waals surface area (Å²) >= 11 is 1.55. The van der Waals surface area contributed by atoms with E-state index < -0.39 is 0 Å². The van der Waals surface area contributed by atoms with Crippen LogP contribution in [0, 0.1) is 0 Å². The van der Waals surface area contributed by atoms with Gasteiger partial charge >= 0.3 is 0 Å². The number of benzene rings is 1. The number of aromatic nitrogens is 2. The molecule has 4 rings (SSSR count). The van der Waals surface area contributed by atoms with Crippen LogP contribution in [-0.2, 0) is 0 Å². The summed E-state index contributed by atoms with van der Waals surface area (Å²) in [7, 11) is 0. The van der Waals surface area contributed by atoms with E-state index in [9.17, 15) is 9.90 Å². The summed E-state index contributed by atoms with van der Waals surface area (Å²) in [5.74, 6) is 1.30. The fourth-order valence-electron chi connectivity index (χ4n) is 3.55. The van der Waals surface area contributed by atoms with Gasteiger partial charge in [-0.2, -0.15) is 0 Å². The van der Waals surface area contributed by atoms with E-state index in [0.717, 1.165) is 39.5 Å². The van der Waals surface area contributed by atoms with Gasteiger partial charge < -0.3 is 9.67 Å². The molecular weight excluding hydrogens is 320 g/mol. The number of hydrogen-bond acceptors (Lipinski definition) is 4. The van der Waals surface area contributed by atoms with E-state index in [2.05, 4.69) is 4.57 Å². The molecule has 124 valence electrons. The summed E-state index contributed by atoms with van der Waals surface area (Å²) in [6.45, 7) is 1.61. The number of carbonyl (C=O) groups excluding carboxylic acids is 1. The van der Waals surface area contributed by atoms with Gasteiger partial charge in [-0.05, 0) is 50.1 Å².